The van der Waals surface area contributed by atoms with Gasteiger partial charge in [-0.1, -0.05) is 6.07 Å². The molecule has 1 fully saturated rings. The average molecular weight is 295 g/mol. The maximum Gasteiger partial charge on any atom is 0.239 e. The Kier molecular flexibility index (Phi) is 5.14. The van der Waals surface area contributed by atoms with Crippen molar-refractivity contribution in [2.24, 2.45) is 0 Å². The van der Waals surface area contributed by atoms with Gasteiger partial charge in [0.1, 0.15) is 0 Å². The smallest absolute Gasteiger partial charge is 0.239 e. The highest BCUT2D eigenvalue weighted by atomic mass is 32.1. The second kappa shape index (κ2) is 6.85. The molecule has 20 heavy (non-hydrogen) atoms. The van der Waals surface area contributed by atoms with Crippen LogP contribution in [0, 0.1) is 0 Å². The maximum atomic E-state index is 11.9. The predicted octanol–water partition coefficient (Wildman–Crippen LogP) is 1.09. The molecule has 0 saturated carbocycles. The quantitative estimate of drug-likeness (QED) is 0.855. The molecule has 2 heterocycles. The van der Waals surface area contributed by atoms with Crippen molar-refractivity contribution in [1.29, 1.82) is 0 Å². The molecule has 110 valence electrons. The van der Waals surface area contributed by atoms with Crippen molar-refractivity contribution in [2.75, 3.05) is 33.7 Å². The normalized spacial score (nSPS) is 16.8. The molecule has 2 rings (SSSR count). The van der Waals surface area contributed by atoms with Crippen LogP contribution in [0.25, 0.3) is 0 Å². The molecule has 1 atom stereocenters. The summed E-state index contributed by atoms with van der Waals surface area (Å²) >= 11 is 1.69. The average Bonchev–Trinajstić information content (AvgIpc) is 3.02. The summed E-state index contributed by atoms with van der Waals surface area (Å²) in [5.41, 5.74) is 0. The summed E-state index contributed by atoms with van der Waals surface area (Å²) in [6, 6.07) is 4.26. The maximum absolute atomic E-state index is 11.9. The monoisotopic (exact) mass is 295 g/mol. The van der Waals surface area contributed by atoms with Gasteiger partial charge in [0.15, 0.2) is 0 Å². The summed E-state index contributed by atoms with van der Waals surface area (Å²) in [7, 11) is 4.00. The van der Waals surface area contributed by atoms with Crippen molar-refractivity contribution in [2.45, 2.75) is 18.9 Å². The van der Waals surface area contributed by atoms with Crippen LogP contribution < -0.4 is 5.32 Å². The van der Waals surface area contributed by atoms with Crippen molar-refractivity contribution >= 4 is 23.2 Å². The Morgan fingerprint density at radius 3 is 2.90 bits per heavy atom. The fraction of sp³-hybridized carbons (Fsp3) is 0.571. The van der Waals surface area contributed by atoms with Crippen molar-refractivity contribution in [3.05, 3.63) is 22.4 Å². The lowest BCUT2D eigenvalue weighted by Crippen LogP contribution is -2.41. The van der Waals surface area contributed by atoms with E-state index in [1.54, 1.807) is 16.2 Å². The topological polar surface area (TPSA) is 52.7 Å². The van der Waals surface area contributed by atoms with Crippen LogP contribution in [-0.2, 0) is 9.59 Å². The number of rotatable bonds is 6. The standard InChI is InChI=1S/C14H21N3O2S/c1-16(2)11(12-5-4-8-20-12)9-15-13(18)10-17-7-3-6-14(17)19/h4-5,8,11H,3,6-7,9-10H2,1-2H3,(H,15,18)/t11-/m1/s1. The van der Waals surface area contributed by atoms with Gasteiger partial charge in [0.25, 0.3) is 0 Å². The van der Waals surface area contributed by atoms with E-state index >= 15 is 0 Å². The molecular weight excluding hydrogens is 274 g/mol. The third-order valence-electron chi connectivity index (χ3n) is 3.49. The zero-order valence-electron chi connectivity index (χ0n) is 12.0. The number of nitrogens with zero attached hydrogens (tertiary/aromatic N) is 2. The molecule has 0 aliphatic carbocycles. The Labute approximate surface area is 123 Å². The van der Waals surface area contributed by atoms with Crippen LogP contribution in [0.4, 0.5) is 0 Å². The first-order valence-electron chi connectivity index (χ1n) is 6.82. The van der Waals surface area contributed by atoms with E-state index in [4.69, 9.17) is 0 Å². The fourth-order valence-corrected chi connectivity index (χ4v) is 3.25. The zero-order valence-corrected chi connectivity index (χ0v) is 12.8. The summed E-state index contributed by atoms with van der Waals surface area (Å²) in [6.45, 7) is 1.45. The molecule has 0 radical (unpaired) electrons. The highest BCUT2D eigenvalue weighted by molar-refractivity contribution is 7.10. The Bertz CT molecular complexity index is 459. The van der Waals surface area contributed by atoms with Crippen molar-refractivity contribution in [1.82, 2.24) is 15.1 Å². The number of likely N-dealkylation sites (N-methyl/N-ethyl adjacent to an activating group) is 1. The molecule has 0 aromatic carbocycles. The van der Waals surface area contributed by atoms with E-state index in [9.17, 15) is 9.59 Å². The summed E-state index contributed by atoms with van der Waals surface area (Å²) in [6.07, 6.45) is 1.43. The minimum absolute atomic E-state index is 0.0799. The van der Waals surface area contributed by atoms with Gasteiger partial charge >= 0.3 is 0 Å². The number of nitrogens with one attached hydrogen (secondary N) is 1. The highest BCUT2D eigenvalue weighted by Crippen LogP contribution is 2.22. The van der Waals surface area contributed by atoms with Gasteiger partial charge in [0.2, 0.25) is 11.8 Å². The minimum Gasteiger partial charge on any atom is -0.353 e. The second-order valence-corrected chi connectivity index (χ2v) is 6.20. The van der Waals surface area contributed by atoms with Crippen LogP contribution >= 0.6 is 11.3 Å². The first-order valence-corrected chi connectivity index (χ1v) is 7.70. The molecule has 0 unspecified atom stereocenters. The third-order valence-corrected chi connectivity index (χ3v) is 4.47. The lowest BCUT2D eigenvalue weighted by atomic mass is 10.2. The van der Waals surface area contributed by atoms with E-state index < -0.39 is 0 Å². The van der Waals surface area contributed by atoms with Crippen LogP contribution in [0.3, 0.4) is 0 Å². The Morgan fingerprint density at radius 2 is 2.35 bits per heavy atom. The lowest BCUT2D eigenvalue weighted by Gasteiger charge is -2.24. The number of carbonyl (C=O) groups excluding carboxylic acids is 2. The number of thiophene rings is 1. The van der Waals surface area contributed by atoms with Crippen LogP contribution in [0.5, 0.6) is 0 Å². The molecular formula is C14H21N3O2S. The first kappa shape index (κ1) is 15.0. The summed E-state index contributed by atoms with van der Waals surface area (Å²) in [5, 5.41) is 4.97. The van der Waals surface area contributed by atoms with Crippen molar-refractivity contribution in [3.63, 3.8) is 0 Å². The molecule has 6 heteroatoms. The summed E-state index contributed by atoms with van der Waals surface area (Å²) < 4.78 is 0. The van der Waals surface area contributed by atoms with Gasteiger partial charge in [0.05, 0.1) is 12.6 Å². The molecule has 0 spiro atoms. The predicted molar refractivity (Wildman–Crippen MR) is 79.6 cm³/mol. The van der Waals surface area contributed by atoms with E-state index in [-0.39, 0.29) is 24.4 Å². The molecule has 1 aromatic heterocycles. The first-order chi connectivity index (χ1) is 9.58. The third kappa shape index (κ3) is 3.80. The van der Waals surface area contributed by atoms with Gasteiger partial charge < -0.3 is 15.1 Å². The number of likely N-dealkylation sites (tertiary alicyclic amines) is 1. The zero-order chi connectivity index (χ0) is 14.5. The molecule has 1 aliphatic rings. The van der Waals surface area contributed by atoms with E-state index in [2.05, 4.69) is 16.3 Å². The molecule has 2 amide bonds. The van der Waals surface area contributed by atoms with Gasteiger partial charge in [-0.15, -0.1) is 11.3 Å². The second-order valence-electron chi connectivity index (χ2n) is 5.22. The van der Waals surface area contributed by atoms with Crippen LogP contribution in [0.15, 0.2) is 17.5 Å². The minimum atomic E-state index is -0.0799. The number of hydrogen-bond donors (Lipinski definition) is 1. The molecule has 1 saturated heterocycles. The highest BCUT2D eigenvalue weighted by Gasteiger charge is 2.23. The Hall–Kier alpha value is -1.40. The van der Waals surface area contributed by atoms with Crippen LogP contribution in [-0.4, -0.2) is 55.3 Å². The number of hydrogen-bond acceptors (Lipinski definition) is 4. The summed E-state index contributed by atoms with van der Waals surface area (Å²) in [5.74, 6) is 0.00576. The SMILES string of the molecule is CN(C)[C@H](CNC(=O)CN1CCCC1=O)c1cccs1. The van der Waals surface area contributed by atoms with E-state index in [1.165, 1.54) is 4.88 Å². The Balaban J connectivity index is 1.83. The largest absolute Gasteiger partial charge is 0.353 e. The lowest BCUT2D eigenvalue weighted by molar-refractivity contribution is -0.133. The van der Waals surface area contributed by atoms with Gasteiger partial charge in [-0.2, -0.15) is 0 Å². The molecule has 1 aromatic rings. The molecule has 1 N–H and O–H groups in total. The molecule has 5 nitrogen and oxygen atoms in total. The van der Waals surface area contributed by atoms with Gasteiger partial charge in [0, 0.05) is 24.4 Å². The molecule has 0 bridgehead atoms. The van der Waals surface area contributed by atoms with Crippen LogP contribution in [0.1, 0.15) is 23.8 Å². The van der Waals surface area contributed by atoms with E-state index in [0.29, 0.717) is 19.5 Å². The van der Waals surface area contributed by atoms with Crippen molar-refractivity contribution < 1.29 is 9.59 Å². The van der Waals surface area contributed by atoms with E-state index in [1.807, 2.05) is 25.5 Å². The van der Waals surface area contributed by atoms with Gasteiger partial charge in [-0.05, 0) is 32.0 Å². The van der Waals surface area contributed by atoms with Gasteiger partial charge in [-0.3, -0.25) is 9.59 Å². The van der Waals surface area contributed by atoms with Gasteiger partial charge in [-0.25, -0.2) is 0 Å². The van der Waals surface area contributed by atoms with E-state index in [0.717, 1.165) is 6.42 Å². The Morgan fingerprint density at radius 1 is 1.55 bits per heavy atom. The van der Waals surface area contributed by atoms with Crippen LogP contribution in [0.2, 0.25) is 0 Å². The number of carbonyl (C=O) groups is 2. The summed E-state index contributed by atoms with van der Waals surface area (Å²) in [4.78, 5) is 28.4. The van der Waals surface area contributed by atoms with Crippen molar-refractivity contribution in [3.8, 4) is 0 Å². The number of amides is 2. The molecule has 1 aliphatic heterocycles. The fourth-order valence-electron chi connectivity index (χ4n) is 2.33.